The van der Waals surface area contributed by atoms with Gasteiger partial charge in [-0.1, -0.05) is 12.1 Å². The van der Waals surface area contributed by atoms with Crippen molar-refractivity contribution in [1.29, 1.82) is 0 Å². The predicted molar refractivity (Wildman–Crippen MR) is 117 cm³/mol. The minimum atomic E-state index is -4.55. The maximum Gasteiger partial charge on any atom is 0.413 e. The van der Waals surface area contributed by atoms with Gasteiger partial charge in [-0.2, -0.15) is 18.2 Å². The van der Waals surface area contributed by atoms with Crippen LogP contribution in [0.4, 0.5) is 24.9 Å². The molecule has 1 unspecified atom stereocenters. The molecule has 0 saturated heterocycles. The van der Waals surface area contributed by atoms with Crippen LogP contribution in [-0.4, -0.2) is 61.7 Å². The summed E-state index contributed by atoms with van der Waals surface area (Å²) in [5.74, 6) is 1.06. The van der Waals surface area contributed by atoms with E-state index in [1.54, 1.807) is 26.4 Å². The Labute approximate surface area is 185 Å². The van der Waals surface area contributed by atoms with Gasteiger partial charge in [-0.3, -0.25) is 9.36 Å². The number of methoxy groups -OCH3 is 2. The van der Waals surface area contributed by atoms with Gasteiger partial charge in [-0.05, 0) is 38.0 Å². The quantitative estimate of drug-likeness (QED) is 0.580. The van der Waals surface area contributed by atoms with Crippen molar-refractivity contribution in [3.8, 4) is 5.75 Å². The molecule has 32 heavy (non-hydrogen) atoms. The molecular formula is C22H29F3N4O3. The average Bonchev–Trinajstić information content (AvgIpc) is 3.06. The lowest BCUT2D eigenvalue weighted by Crippen LogP contribution is -2.56. The maximum atomic E-state index is 14.2. The number of anilines is 2. The van der Waals surface area contributed by atoms with Gasteiger partial charge in [0.25, 0.3) is 5.56 Å². The zero-order valence-electron chi connectivity index (χ0n) is 18.8. The van der Waals surface area contributed by atoms with Crippen LogP contribution in [-0.2, 0) is 17.7 Å². The van der Waals surface area contributed by atoms with Crippen LogP contribution in [0, 0.1) is 0 Å². The summed E-state index contributed by atoms with van der Waals surface area (Å²) < 4.78 is 53.9. The molecule has 1 aromatic heterocycles. The van der Waals surface area contributed by atoms with E-state index >= 15 is 0 Å². The molecule has 10 heteroatoms. The molecule has 1 aromatic carbocycles. The molecule has 1 aliphatic heterocycles. The molecule has 176 valence electrons. The molecule has 0 bridgehead atoms. The Morgan fingerprint density at radius 1 is 1.22 bits per heavy atom. The fraction of sp³-hybridized carbons (Fsp3) is 0.545. The van der Waals surface area contributed by atoms with E-state index in [1.165, 1.54) is 11.0 Å². The van der Waals surface area contributed by atoms with Crippen molar-refractivity contribution in [2.24, 2.45) is 0 Å². The first-order valence-electron chi connectivity index (χ1n) is 10.5. The topological polar surface area (TPSA) is 59.8 Å². The number of aromatic nitrogens is 2. The number of halogens is 3. The van der Waals surface area contributed by atoms with Crippen molar-refractivity contribution in [2.45, 2.75) is 38.5 Å². The summed E-state index contributed by atoms with van der Waals surface area (Å²) >= 11 is 0. The number of hydrogen-bond acceptors (Lipinski definition) is 6. The van der Waals surface area contributed by atoms with Crippen molar-refractivity contribution in [3.63, 3.8) is 0 Å². The molecular weight excluding hydrogens is 425 g/mol. The smallest absolute Gasteiger partial charge is 0.413 e. The molecule has 1 atom stereocenters. The molecule has 0 aliphatic carbocycles. The first kappa shape index (κ1) is 23.9. The summed E-state index contributed by atoms with van der Waals surface area (Å²) in [5.41, 5.74) is -1.87. The molecule has 2 heterocycles. The fourth-order valence-corrected chi connectivity index (χ4v) is 3.87. The summed E-state index contributed by atoms with van der Waals surface area (Å²) in [6.07, 6.45) is -4.19. The second-order valence-electron chi connectivity index (χ2n) is 7.93. The van der Waals surface area contributed by atoms with Gasteiger partial charge < -0.3 is 19.3 Å². The van der Waals surface area contributed by atoms with Gasteiger partial charge in [0.1, 0.15) is 11.6 Å². The minimum Gasteiger partial charge on any atom is -0.497 e. The van der Waals surface area contributed by atoms with E-state index in [9.17, 15) is 18.0 Å². The van der Waals surface area contributed by atoms with E-state index in [1.807, 2.05) is 24.0 Å². The molecule has 3 rings (SSSR count). The molecule has 0 fully saturated rings. The number of benzene rings is 1. The summed E-state index contributed by atoms with van der Waals surface area (Å²) in [6.45, 7) is 4.01. The van der Waals surface area contributed by atoms with Crippen molar-refractivity contribution in [1.82, 2.24) is 9.55 Å². The van der Waals surface area contributed by atoms with Crippen molar-refractivity contribution in [2.75, 3.05) is 50.3 Å². The normalized spacial score (nSPS) is 18.0. The predicted octanol–water partition coefficient (Wildman–Crippen LogP) is 3.11. The Bertz CT molecular complexity index is 978. The SMILES string of the molecule is CCN(CCOC)c1cc(=O)n2c(n1)N(CCc1ccc(OC)cc1)C(C)(C(F)(F)F)C2. The second-order valence-corrected chi connectivity index (χ2v) is 7.93. The average molecular weight is 454 g/mol. The van der Waals surface area contributed by atoms with Crippen LogP contribution in [0.15, 0.2) is 35.1 Å². The lowest BCUT2D eigenvalue weighted by atomic mass is 10.00. The van der Waals surface area contributed by atoms with Gasteiger partial charge >= 0.3 is 6.18 Å². The Morgan fingerprint density at radius 2 is 1.91 bits per heavy atom. The molecule has 0 amide bonds. The Balaban J connectivity index is 1.98. The highest BCUT2D eigenvalue weighted by Gasteiger charge is 2.59. The Hall–Kier alpha value is -2.75. The highest BCUT2D eigenvalue weighted by atomic mass is 19.4. The number of alkyl halides is 3. The third kappa shape index (κ3) is 4.55. The molecule has 0 spiro atoms. The summed E-state index contributed by atoms with van der Waals surface area (Å²) in [7, 11) is 3.12. The number of fused-ring (bicyclic) bond motifs is 1. The lowest BCUT2D eigenvalue weighted by molar-refractivity contribution is -0.182. The van der Waals surface area contributed by atoms with E-state index < -0.39 is 23.8 Å². The van der Waals surface area contributed by atoms with Gasteiger partial charge in [0.05, 0.1) is 20.3 Å². The molecule has 0 radical (unpaired) electrons. The summed E-state index contributed by atoms with van der Waals surface area (Å²) in [6, 6.07) is 8.48. The number of hydrogen-bond donors (Lipinski definition) is 0. The number of rotatable bonds is 9. The largest absolute Gasteiger partial charge is 0.497 e. The van der Waals surface area contributed by atoms with Gasteiger partial charge in [0.2, 0.25) is 5.95 Å². The first-order chi connectivity index (χ1) is 15.1. The monoisotopic (exact) mass is 454 g/mol. The lowest BCUT2D eigenvalue weighted by Gasteiger charge is -2.37. The molecule has 0 saturated carbocycles. The zero-order valence-corrected chi connectivity index (χ0v) is 18.8. The molecule has 2 aromatic rings. The Morgan fingerprint density at radius 3 is 2.47 bits per heavy atom. The van der Waals surface area contributed by atoms with E-state index in [0.29, 0.717) is 37.7 Å². The first-order valence-corrected chi connectivity index (χ1v) is 10.5. The van der Waals surface area contributed by atoms with Gasteiger partial charge in [-0.25, -0.2) is 0 Å². The van der Waals surface area contributed by atoms with E-state index in [-0.39, 0.29) is 12.5 Å². The van der Waals surface area contributed by atoms with Crippen molar-refractivity contribution >= 4 is 11.8 Å². The molecule has 1 aliphatic rings. The molecule has 0 N–H and O–H groups in total. The Kier molecular flexibility index (Phi) is 7.02. The van der Waals surface area contributed by atoms with Crippen LogP contribution in [0.2, 0.25) is 0 Å². The van der Waals surface area contributed by atoms with E-state index in [4.69, 9.17) is 9.47 Å². The van der Waals surface area contributed by atoms with E-state index in [0.717, 1.165) is 17.1 Å². The number of nitrogens with zero attached hydrogens (tertiary/aromatic N) is 4. The second kappa shape index (κ2) is 9.40. The number of ether oxygens (including phenoxy) is 2. The van der Waals surface area contributed by atoms with Crippen LogP contribution >= 0.6 is 0 Å². The van der Waals surface area contributed by atoms with Gasteiger partial charge in [0.15, 0.2) is 5.54 Å². The highest BCUT2D eigenvalue weighted by Crippen LogP contribution is 2.43. The third-order valence-corrected chi connectivity index (χ3v) is 5.94. The standard InChI is InChI=1S/C22H29F3N4O3/c1-5-27(12-13-31-3)18-14-19(30)28-15-21(2,22(23,24)25)29(20(28)26-18)11-10-16-6-8-17(32-4)9-7-16/h6-9,14H,5,10-13,15H2,1-4H3. The zero-order chi connectivity index (χ0) is 23.5. The third-order valence-electron chi connectivity index (χ3n) is 5.94. The van der Waals surface area contributed by atoms with Crippen molar-refractivity contribution < 1.29 is 22.6 Å². The van der Waals surface area contributed by atoms with Gasteiger partial charge in [0, 0.05) is 32.8 Å². The fourth-order valence-electron chi connectivity index (χ4n) is 3.87. The van der Waals surface area contributed by atoms with Crippen LogP contribution in [0.25, 0.3) is 0 Å². The van der Waals surface area contributed by atoms with Crippen molar-refractivity contribution in [3.05, 3.63) is 46.2 Å². The van der Waals surface area contributed by atoms with Gasteiger partial charge in [-0.15, -0.1) is 0 Å². The van der Waals surface area contributed by atoms with Crippen LogP contribution in [0.5, 0.6) is 5.75 Å². The van der Waals surface area contributed by atoms with Crippen LogP contribution in [0.1, 0.15) is 19.4 Å². The highest BCUT2D eigenvalue weighted by molar-refractivity contribution is 5.50. The number of likely N-dealkylation sites (N-methyl/N-ethyl adjacent to an activating group) is 1. The minimum absolute atomic E-state index is 0.0386. The maximum absolute atomic E-state index is 14.2. The summed E-state index contributed by atoms with van der Waals surface area (Å²) in [4.78, 5) is 20.3. The van der Waals surface area contributed by atoms with Crippen LogP contribution in [0.3, 0.4) is 0 Å². The van der Waals surface area contributed by atoms with Crippen LogP contribution < -0.4 is 20.1 Å². The molecule has 7 nitrogen and oxygen atoms in total. The summed E-state index contributed by atoms with van der Waals surface area (Å²) in [5, 5.41) is 0. The van der Waals surface area contributed by atoms with E-state index in [2.05, 4.69) is 4.98 Å².